The number of hydrogen-bond donors (Lipinski definition) is 0. The standard InChI is InChI=1S/C23H22ClN3O4S/c1-15-11-16-12-18(5-6-21(16)25-13-15)32(29,30)26-9-7-17(8-10-26)27-22-4-2-3-20(24)19(22)14-31-23(27)28/h2-6,11-13,17H,7-10,14H2,1H3. The molecule has 2 aliphatic heterocycles. The Morgan fingerprint density at radius 1 is 1.12 bits per heavy atom. The molecule has 2 aromatic carbocycles. The van der Waals surface area contributed by atoms with Crippen LogP contribution in [0.2, 0.25) is 5.02 Å². The number of fused-ring (bicyclic) bond motifs is 2. The third kappa shape index (κ3) is 3.62. The Labute approximate surface area is 191 Å². The van der Waals surface area contributed by atoms with E-state index in [0.29, 0.717) is 31.0 Å². The maximum atomic E-state index is 13.3. The molecule has 166 valence electrons. The van der Waals surface area contributed by atoms with E-state index in [4.69, 9.17) is 16.3 Å². The lowest BCUT2D eigenvalue weighted by molar-refractivity contribution is 0.136. The SMILES string of the molecule is Cc1cnc2ccc(S(=O)(=O)N3CCC(N4C(=O)OCc5c(Cl)cccc54)CC3)cc2c1. The summed E-state index contributed by atoms with van der Waals surface area (Å²) in [6, 6.07) is 12.2. The normalized spacial score (nSPS) is 17.9. The first-order valence-electron chi connectivity index (χ1n) is 10.4. The first kappa shape index (κ1) is 21.2. The Morgan fingerprint density at radius 2 is 1.91 bits per heavy atom. The average molecular weight is 472 g/mol. The molecular weight excluding hydrogens is 450 g/mol. The minimum absolute atomic E-state index is 0.147. The van der Waals surface area contributed by atoms with E-state index in [-0.39, 0.29) is 17.5 Å². The van der Waals surface area contributed by atoms with E-state index in [1.54, 1.807) is 35.4 Å². The van der Waals surface area contributed by atoms with Crippen molar-refractivity contribution < 1.29 is 17.9 Å². The van der Waals surface area contributed by atoms with Gasteiger partial charge in [-0.3, -0.25) is 9.88 Å². The van der Waals surface area contributed by atoms with Gasteiger partial charge >= 0.3 is 6.09 Å². The lowest BCUT2D eigenvalue weighted by atomic mass is 10.0. The molecule has 0 saturated carbocycles. The molecular formula is C23H22ClN3O4S. The number of pyridine rings is 1. The van der Waals surface area contributed by atoms with Gasteiger partial charge in [-0.1, -0.05) is 17.7 Å². The lowest BCUT2D eigenvalue weighted by Gasteiger charge is -2.40. The molecule has 9 heteroatoms. The molecule has 0 atom stereocenters. The van der Waals surface area contributed by atoms with Crippen molar-refractivity contribution in [2.45, 2.75) is 37.3 Å². The molecule has 2 aliphatic rings. The van der Waals surface area contributed by atoms with Gasteiger partial charge in [0.25, 0.3) is 0 Å². The van der Waals surface area contributed by atoms with Crippen LogP contribution in [-0.2, 0) is 21.4 Å². The summed E-state index contributed by atoms with van der Waals surface area (Å²) >= 11 is 6.29. The fourth-order valence-corrected chi connectivity index (χ4v) is 6.16. The van der Waals surface area contributed by atoms with Gasteiger partial charge in [0.1, 0.15) is 6.61 Å². The summed E-state index contributed by atoms with van der Waals surface area (Å²) in [7, 11) is -3.65. The largest absolute Gasteiger partial charge is 0.444 e. The second-order valence-electron chi connectivity index (χ2n) is 8.16. The van der Waals surface area contributed by atoms with E-state index in [0.717, 1.165) is 27.7 Å². The van der Waals surface area contributed by atoms with Crippen LogP contribution < -0.4 is 4.90 Å². The van der Waals surface area contributed by atoms with E-state index in [9.17, 15) is 13.2 Å². The molecule has 3 heterocycles. The number of anilines is 1. The van der Waals surface area contributed by atoms with E-state index < -0.39 is 16.1 Å². The maximum Gasteiger partial charge on any atom is 0.414 e. The summed E-state index contributed by atoms with van der Waals surface area (Å²) in [5, 5.41) is 1.35. The Bertz CT molecular complexity index is 1320. The van der Waals surface area contributed by atoms with Crippen LogP contribution in [0, 0.1) is 6.92 Å². The molecule has 1 aromatic heterocycles. The predicted molar refractivity (Wildman–Crippen MR) is 122 cm³/mol. The number of rotatable bonds is 3. The quantitative estimate of drug-likeness (QED) is 0.561. The number of nitrogens with zero attached hydrogens (tertiary/aromatic N) is 3. The number of aromatic nitrogens is 1. The van der Waals surface area contributed by atoms with Crippen molar-refractivity contribution in [2.24, 2.45) is 0 Å². The summed E-state index contributed by atoms with van der Waals surface area (Å²) in [6.07, 6.45) is 2.36. The van der Waals surface area contributed by atoms with E-state index in [2.05, 4.69) is 4.98 Å². The van der Waals surface area contributed by atoms with Gasteiger partial charge in [-0.05, 0) is 61.7 Å². The molecule has 0 bridgehead atoms. The highest BCUT2D eigenvalue weighted by atomic mass is 35.5. The molecule has 1 amide bonds. The van der Waals surface area contributed by atoms with Crippen molar-refractivity contribution in [3.63, 3.8) is 0 Å². The van der Waals surface area contributed by atoms with Gasteiger partial charge in [0.05, 0.1) is 16.1 Å². The molecule has 0 aliphatic carbocycles. The summed E-state index contributed by atoms with van der Waals surface area (Å²) < 4.78 is 33.4. The number of halogens is 1. The highest BCUT2D eigenvalue weighted by Crippen LogP contribution is 2.36. The van der Waals surface area contributed by atoms with Crippen molar-refractivity contribution in [2.75, 3.05) is 18.0 Å². The number of hydrogen-bond acceptors (Lipinski definition) is 5. The number of benzene rings is 2. The first-order valence-corrected chi connectivity index (χ1v) is 12.3. The molecule has 0 N–H and O–H groups in total. The number of amides is 1. The summed E-state index contributed by atoms with van der Waals surface area (Å²) in [5.41, 5.74) is 3.26. The van der Waals surface area contributed by atoms with Gasteiger partial charge in [-0.25, -0.2) is 13.2 Å². The van der Waals surface area contributed by atoms with E-state index >= 15 is 0 Å². The molecule has 5 rings (SSSR count). The molecule has 0 radical (unpaired) electrons. The zero-order valence-electron chi connectivity index (χ0n) is 17.5. The van der Waals surface area contributed by atoms with Crippen molar-refractivity contribution in [3.05, 3.63) is 64.8 Å². The van der Waals surface area contributed by atoms with Crippen molar-refractivity contribution in [3.8, 4) is 0 Å². The van der Waals surface area contributed by atoms with Gasteiger partial charge in [0.15, 0.2) is 0 Å². The van der Waals surface area contributed by atoms with Crippen LogP contribution >= 0.6 is 11.6 Å². The Hall–Kier alpha value is -2.68. The number of aryl methyl sites for hydroxylation is 1. The number of ether oxygens (including phenoxy) is 1. The number of carbonyl (C=O) groups excluding carboxylic acids is 1. The Kier molecular flexibility index (Phi) is 5.31. The van der Waals surface area contributed by atoms with Crippen LogP contribution in [0.4, 0.5) is 10.5 Å². The minimum Gasteiger partial charge on any atom is -0.444 e. The van der Waals surface area contributed by atoms with Crippen molar-refractivity contribution in [1.82, 2.24) is 9.29 Å². The van der Waals surface area contributed by atoms with Crippen LogP contribution in [-0.4, -0.2) is 42.9 Å². The molecule has 1 fully saturated rings. The van der Waals surface area contributed by atoms with Crippen molar-refractivity contribution >= 4 is 44.3 Å². The summed E-state index contributed by atoms with van der Waals surface area (Å²) in [4.78, 5) is 18.8. The van der Waals surface area contributed by atoms with Gasteiger partial charge < -0.3 is 4.74 Å². The van der Waals surface area contributed by atoms with Crippen molar-refractivity contribution in [1.29, 1.82) is 0 Å². The highest BCUT2D eigenvalue weighted by Gasteiger charge is 2.37. The van der Waals surface area contributed by atoms with E-state index in [1.807, 2.05) is 25.1 Å². The zero-order valence-corrected chi connectivity index (χ0v) is 19.1. The number of cyclic esters (lactones) is 1. The average Bonchev–Trinajstić information content (AvgIpc) is 2.79. The van der Waals surface area contributed by atoms with Gasteiger partial charge in [-0.15, -0.1) is 0 Å². The molecule has 7 nitrogen and oxygen atoms in total. The highest BCUT2D eigenvalue weighted by molar-refractivity contribution is 7.89. The fourth-order valence-electron chi connectivity index (χ4n) is 4.43. The fraction of sp³-hybridized carbons (Fsp3) is 0.304. The first-order chi connectivity index (χ1) is 15.3. The Morgan fingerprint density at radius 3 is 2.69 bits per heavy atom. The predicted octanol–water partition coefficient (Wildman–Crippen LogP) is 4.51. The van der Waals surface area contributed by atoms with Crippen LogP contribution in [0.1, 0.15) is 24.0 Å². The monoisotopic (exact) mass is 471 g/mol. The number of carbonyl (C=O) groups is 1. The maximum absolute atomic E-state index is 13.3. The van der Waals surface area contributed by atoms with E-state index in [1.165, 1.54) is 4.31 Å². The van der Waals surface area contributed by atoms with Crippen LogP contribution in [0.15, 0.2) is 53.6 Å². The smallest absolute Gasteiger partial charge is 0.414 e. The number of piperidine rings is 1. The topological polar surface area (TPSA) is 79.8 Å². The van der Waals surface area contributed by atoms with Crippen LogP contribution in [0.3, 0.4) is 0 Å². The third-order valence-electron chi connectivity index (χ3n) is 6.11. The van der Waals surface area contributed by atoms with Gasteiger partial charge in [0.2, 0.25) is 10.0 Å². The Balaban J connectivity index is 1.37. The molecule has 0 unspecified atom stereocenters. The zero-order chi connectivity index (χ0) is 22.5. The minimum atomic E-state index is -3.65. The molecule has 0 spiro atoms. The molecule has 1 saturated heterocycles. The summed E-state index contributed by atoms with van der Waals surface area (Å²) in [5.74, 6) is 0. The molecule has 32 heavy (non-hydrogen) atoms. The molecule has 3 aromatic rings. The second kappa shape index (κ2) is 8.03. The van der Waals surface area contributed by atoms with Gasteiger partial charge in [0, 0.05) is 41.3 Å². The van der Waals surface area contributed by atoms with Crippen LogP contribution in [0.5, 0.6) is 0 Å². The third-order valence-corrected chi connectivity index (χ3v) is 8.35. The second-order valence-corrected chi connectivity index (χ2v) is 10.5. The lowest BCUT2D eigenvalue weighted by Crippen LogP contribution is -2.50. The van der Waals surface area contributed by atoms with Crippen LogP contribution in [0.25, 0.3) is 10.9 Å². The van der Waals surface area contributed by atoms with Gasteiger partial charge in [-0.2, -0.15) is 4.31 Å². The number of sulfonamides is 1. The summed E-state index contributed by atoms with van der Waals surface area (Å²) in [6.45, 7) is 2.71.